The van der Waals surface area contributed by atoms with Crippen LogP contribution in [0.25, 0.3) is 0 Å². The third kappa shape index (κ3) is 6.23. The van der Waals surface area contributed by atoms with Gasteiger partial charge < -0.3 is 93.7 Å². The summed E-state index contributed by atoms with van der Waals surface area (Å²) in [7, 11) is 0. The summed E-state index contributed by atoms with van der Waals surface area (Å²) in [4.78, 5) is 1.45. The molecule has 6 aliphatic heterocycles. The van der Waals surface area contributed by atoms with Crippen LogP contribution in [0, 0.1) is 0 Å². The minimum Gasteiger partial charge on any atom is -0.394 e. The average molecular weight is 730 g/mol. The van der Waals surface area contributed by atoms with Gasteiger partial charge in [-0.25, -0.2) is 0 Å². The summed E-state index contributed by atoms with van der Waals surface area (Å²) in [5.41, 5.74) is -2.33. The van der Waals surface area contributed by atoms with Crippen LogP contribution in [0.15, 0.2) is 0 Å². The smallest absolute Gasteiger partial charge is 0.215 e. The Balaban J connectivity index is 1.20. The molecule has 20 nitrogen and oxygen atoms in total. The number of ether oxygens (including phenoxy) is 9. The first kappa shape index (κ1) is 38.9. The lowest BCUT2D eigenvalue weighted by Gasteiger charge is -2.59. The highest BCUT2D eigenvalue weighted by molar-refractivity contribution is 5.09. The zero-order valence-electron chi connectivity index (χ0n) is 27.9. The van der Waals surface area contributed by atoms with E-state index in [1.165, 1.54) is 4.90 Å². The second kappa shape index (κ2) is 15.1. The molecular weight excluding hydrogens is 678 g/mol. The average Bonchev–Trinajstić information content (AvgIpc) is 3.59. The van der Waals surface area contributed by atoms with E-state index in [9.17, 15) is 51.1 Å². The van der Waals surface area contributed by atoms with Crippen LogP contribution in [0.5, 0.6) is 0 Å². The molecule has 6 fully saturated rings. The van der Waals surface area contributed by atoms with Gasteiger partial charge in [0.05, 0.1) is 26.4 Å². The molecule has 10 N–H and O–H groups in total. The summed E-state index contributed by atoms with van der Waals surface area (Å²) in [6, 6.07) is 0. The maximum absolute atomic E-state index is 12.1. The van der Waals surface area contributed by atoms with Crippen LogP contribution in [0.3, 0.4) is 0 Å². The molecular formula is C30H51NO19. The normalized spacial score (nSPS) is 53.6. The fourth-order valence-corrected chi connectivity index (χ4v) is 8.03. The van der Waals surface area contributed by atoms with E-state index in [0.29, 0.717) is 0 Å². The van der Waals surface area contributed by atoms with E-state index < -0.39 is 135 Å². The first-order valence-electron chi connectivity index (χ1n) is 17.1. The Morgan fingerprint density at radius 1 is 0.660 bits per heavy atom. The predicted molar refractivity (Wildman–Crippen MR) is 158 cm³/mol. The standard InChI is InChI=1S/C30H51NO19/c1-4-29(30(41,31(5-2)6-3)25(39)16(35)12(8-33)49-29)50-21-14-10-43-24(21)19(38)28(46-14)48-22-15(34)11(7-32)45-27(18(22)37)47-20-13-9-42-23(20)17(36)26(40)44-13/h11-28,32-41H,4-10H2,1-3H3/t11-,12-,13+,14+,15-,16+,17+,18-,19+,20+,21+,22+,23+,24+,25+,26-,27+,28+,29+,30-/m1/s1. The van der Waals surface area contributed by atoms with Crippen molar-refractivity contribution in [1.29, 1.82) is 0 Å². The highest BCUT2D eigenvalue weighted by Crippen LogP contribution is 2.47. The molecule has 20 heteroatoms. The molecule has 6 rings (SSSR count). The van der Waals surface area contributed by atoms with E-state index in [4.69, 9.17) is 42.6 Å². The first-order chi connectivity index (χ1) is 23.8. The number of likely N-dealkylation sites (N-methyl/N-ethyl adjacent to an activating group) is 1. The first-order valence-corrected chi connectivity index (χ1v) is 17.1. The number of aliphatic hydroxyl groups is 10. The van der Waals surface area contributed by atoms with Crippen molar-refractivity contribution in [2.45, 2.75) is 149 Å². The van der Waals surface area contributed by atoms with E-state index in [-0.39, 0.29) is 32.7 Å². The molecule has 20 atom stereocenters. The Bertz CT molecular complexity index is 1140. The van der Waals surface area contributed by atoms with Gasteiger partial charge in [-0.1, -0.05) is 20.8 Å². The Morgan fingerprint density at radius 2 is 1.24 bits per heavy atom. The van der Waals surface area contributed by atoms with Gasteiger partial charge in [-0.05, 0) is 13.1 Å². The van der Waals surface area contributed by atoms with Crippen molar-refractivity contribution >= 4 is 0 Å². The Labute approximate surface area is 287 Å². The molecule has 0 aromatic carbocycles. The Kier molecular flexibility index (Phi) is 11.8. The van der Waals surface area contributed by atoms with Gasteiger partial charge in [0.15, 0.2) is 18.9 Å². The number of hydrogen-bond acceptors (Lipinski definition) is 20. The lowest BCUT2D eigenvalue weighted by atomic mass is 9.82. The van der Waals surface area contributed by atoms with Gasteiger partial charge in [-0.15, -0.1) is 0 Å². The summed E-state index contributed by atoms with van der Waals surface area (Å²) in [5.74, 6) is -2.07. The molecule has 6 saturated heterocycles. The lowest BCUT2D eigenvalue weighted by Crippen LogP contribution is -2.80. The van der Waals surface area contributed by atoms with Gasteiger partial charge in [0.2, 0.25) is 11.5 Å². The van der Waals surface area contributed by atoms with Gasteiger partial charge in [-0.2, -0.15) is 0 Å². The topological polar surface area (TPSA) is 289 Å². The van der Waals surface area contributed by atoms with Crippen molar-refractivity contribution in [2.24, 2.45) is 0 Å². The third-order valence-corrected chi connectivity index (χ3v) is 10.8. The van der Waals surface area contributed by atoms with Crippen molar-refractivity contribution in [1.82, 2.24) is 4.90 Å². The monoisotopic (exact) mass is 729 g/mol. The molecule has 4 bridgehead atoms. The SMILES string of the molecule is CCN(CC)[C@@]1(O)[C@@H](O)[C@@H](O)[C@@H](CO)O[C@@]1(CC)O[C@@H]1[C@H]2OC[C@@H]1O[C@@H](O[C@@H]1[C@@H](O)[C@H](O[C@@H]3[C@H]4OC[C@@H]3O[C@@H](O)[C@H]4O)O[C@H](CO)[C@H]1O)[C@H]2O. The van der Waals surface area contributed by atoms with Gasteiger partial charge in [0.1, 0.15) is 91.6 Å². The van der Waals surface area contributed by atoms with E-state index in [0.717, 1.165) is 0 Å². The summed E-state index contributed by atoms with van der Waals surface area (Å²) in [6.45, 7) is 3.90. The third-order valence-electron chi connectivity index (χ3n) is 10.8. The van der Waals surface area contributed by atoms with E-state index in [1.807, 2.05) is 0 Å². The summed E-state index contributed by atoms with van der Waals surface area (Å²) in [6.07, 6.45) is -25.1. The number of aliphatic hydroxyl groups excluding tert-OH is 9. The molecule has 0 amide bonds. The van der Waals surface area contributed by atoms with Crippen LogP contribution >= 0.6 is 0 Å². The number of hydrogen-bond donors (Lipinski definition) is 10. The highest BCUT2D eigenvalue weighted by atomic mass is 16.8. The maximum Gasteiger partial charge on any atom is 0.215 e. The van der Waals surface area contributed by atoms with E-state index in [2.05, 4.69) is 0 Å². The largest absolute Gasteiger partial charge is 0.394 e. The summed E-state index contributed by atoms with van der Waals surface area (Å²) < 4.78 is 52.7. The minimum absolute atomic E-state index is 0.0246. The van der Waals surface area contributed by atoms with Crippen LogP contribution in [-0.4, -0.2) is 217 Å². The van der Waals surface area contributed by atoms with E-state index >= 15 is 0 Å². The molecule has 0 saturated carbocycles. The van der Waals surface area contributed by atoms with Crippen molar-refractivity contribution < 1.29 is 93.7 Å². The summed E-state index contributed by atoms with van der Waals surface area (Å²) >= 11 is 0. The number of rotatable bonds is 12. The Hall–Kier alpha value is -0.800. The number of fused-ring (bicyclic) bond motifs is 4. The van der Waals surface area contributed by atoms with Crippen LogP contribution in [0.1, 0.15) is 27.2 Å². The molecule has 0 unspecified atom stereocenters. The molecule has 0 aliphatic carbocycles. The molecule has 290 valence electrons. The molecule has 0 aromatic rings. The second-order valence-corrected chi connectivity index (χ2v) is 13.5. The zero-order valence-corrected chi connectivity index (χ0v) is 27.9. The molecule has 6 heterocycles. The van der Waals surface area contributed by atoms with Gasteiger partial charge in [0.25, 0.3) is 0 Å². The molecule has 0 aromatic heterocycles. The van der Waals surface area contributed by atoms with Crippen LogP contribution < -0.4 is 0 Å². The predicted octanol–water partition coefficient (Wildman–Crippen LogP) is -6.21. The van der Waals surface area contributed by atoms with E-state index in [1.54, 1.807) is 20.8 Å². The molecule has 6 aliphatic rings. The van der Waals surface area contributed by atoms with Crippen molar-refractivity contribution in [3.05, 3.63) is 0 Å². The second-order valence-electron chi connectivity index (χ2n) is 13.5. The van der Waals surface area contributed by atoms with Gasteiger partial charge in [-0.3, -0.25) is 4.90 Å². The zero-order chi connectivity index (χ0) is 36.3. The van der Waals surface area contributed by atoms with Crippen LogP contribution in [0.4, 0.5) is 0 Å². The minimum atomic E-state index is -2.33. The number of nitrogens with zero attached hydrogens (tertiary/aromatic N) is 1. The van der Waals surface area contributed by atoms with Crippen molar-refractivity contribution in [3.8, 4) is 0 Å². The van der Waals surface area contributed by atoms with Gasteiger partial charge >= 0.3 is 0 Å². The maximum atomic E-state index is 12.1. The quantitative estimate of drug-likeness (QED) is 0.0836. The van der Waals surface area contributed by atoms with Crippen LogP contribution in [-0.2, 0) is 42.6 Å². The molecule has 50 heavy (non-hydrogen) atoms. The fourth-order valence-electron chi connectivity index (χ4n) is 8.03. The summed E-state index contributed by atoms with van der Waals surface area (Å²) in [5, 5.41) is 108. The van der Waals surface area contributed by atoms with Crippen LogP contribution in [0.2, 0.25) is 0 Å². The fraction of sp³-hybridized carbons (Fsp3) is 1.00. The van der Waals surface area contributed by atoms with Gasteiger partial charge in [0, 0.05) is 6.42 Å². The van der Waals surface area contributed by atoms with Crippen molar-refractivity contribution in [3.63, 3.8) is 0 Å². The van der Waals surface area contributed by atoms with Crippen molar-refractivity contribution in [2.75, 3.05) is 39.5 Å². The highest BCUT2D eigenvalue weighted by Gasteiger charge is 2.69. The lowest BCUT2D eigenvalue weighted by molar-refractivity contribution is -0.452. The Morgan fingerprint density at radius 3 is 1.84 bits per heavy atom. The molecule has 0 radical (unpaired) electrons. The molecule has 0 spiro atoms.